The highest BCUT2D eigenvalue weighted by Crippen LogP contribution is 2.33. The van der Waals surface area contributed by atoms with Crippen LogP contribution in [0.25, 0.3) is 22.2 Å². The minimum absolute atomic E-state index is 0.639. The number of furan rings is 1. The van der Waals surface area contributed by atoms with E-state index in [-0.39, 0.29) is 0 Å². The minimum atomic E-state index is 0.639. The summed E-state index contributed by atoms with van der Waals surface area (Å²) >= 11 is 5.99. The lowest BCUT2D eigenvalue weighted by molar-refractivity contribution is 0.249. The Morgan fingerprint density at radius 2 is 1.79 bits per heavy atom. The molecule has 29 heavy (non-hydrogen) atoms. The summed E-state index contributed by atoms with van der Waals surface area (Å²) in [6.45, 7) is 8.69. The van der Waals surface area contributed by atoms with Gasteiger partial charge in [-0.1, -0.05) is 23.7 Å². The fourth-order valence-corrected chi connectivity index (χ4v) is 4.21. The Labute approximate surface area is 174 Å². The van der Waals surface area contributed by atoms with E-state index in [9.17, 15) is 0 Å². The summed E-state index contributed by atoms with van der Waals surface area (Å²) in [6, 6.07) is 10.1. The SMILES string of the molecule is Cc1cc(C)c2c(n1)oc1c(N3CCN(Cc4ccc(Cl)cc4)CC3)ncnc12. The van der Waals surface area contributed by atoms with E-state index in [1.54, 1.807) is 6.33 Å². The number of fused-ring (bicyclic) bond motifs is 3. The largest absolute Gasteiger partial charge is 0.432 e. The molecule has 0 N–H and O–H groups in total. The maximum atomic E-state index is 6.13. The number of anilines is 1. The van der Waals surface area contributed by atoms with Crippen molar-refractivity contribution in [3.05, 3.63) is 58.5 Å². The lowest BCUT2D eigenvalue weighted by atomic mass is 10.1. The van der Waals surface area contributed by atoms with Gasteiger partial charge in [-0.15, -0.1) is 0 Å². The molecule has 4 aromatic rings. The van der Waals surface area contributed by atoms with Crippen molar-refractivity contribution < 1.29 is 4.42 Å². The molecule has 5 rings (SSSR count). The molecule has 1 fully saturated rings. The predicted molar refractivity (Wildman–Crippen MR) is 116 cm³/mol. The second-order valence-corrected chi connectivity index (χ2v) is 8.06. The van der Waals surface area contributed by atoms with E-state index >= 15 is 0 Å². The van der Waals surface area contributed by atoms with E-state index < -0.39 is 0 Å². The summed E-state index contributed by atoms with van der Waals surface area (Å²) < 4.78 is 6.13. The standard InChI is InChI=1S/C22H22ClN5O/c1-14-11-15(2)26-22-18(14)19-20(29-22)21(25-13-24-19)28-9-7-27(8-10-28)12-16-3-5-17(23)6-4-16/h3-6,11,13H,7-10,12H2,1-2H3. The van der Waals surface area contributed by atoms with Gasteiger partial charge in [-0.25, -0.2) is 15.0 Å². The van der Waals surface area contributed by atoms with E-state index in [0.717, 1.165) is 71.3 Å². The maximum Gasteiger partial charge on any atom is 0.229 e. The first kappa shape index (κ1) is 18.3. The number of rotatable bonds is 3. The van der Waals surface area contributed by atoms with Crippen molar-refractivity contribution in [1.29, 1.82) is 0 Å². The highest BCUT2D eigenvalue weighted by atomic mass is 35.5. The smallest absolute Gasteiger partial charge is 0.229 e. The Kier molecular flexibility index (Phi) is 4.60. The van der Waals surface area contributed by atoms with Crippen molar-refractivity contribution in [2.45, 2.75) is 20.4 Å². The van der Waals surface area contributed by atoms with Crippen LogP contribution in [-0.2, 0) is 6.54 Å². The molecule has 1 aliphatic rings. The number of piperazine rings is 1. The van der Waals surface area contributed by atoms with Crippen LogP contribution in [0.5, 0.6) is 0 Å². The maximum absolute atomic E-state index is 6.13. The quantitative estimate of drug-likeness (QED) is 0.502. The molecule has 0 radical (unpaired) electrons. The van der Waals surface area contributed by atoms with E-state index in [2.05, 4.69) is 49.9 Å². The van der Waals surface area contributed by atoms with Gasteiger partial charge in [-0.3, -0.25) is 4.90 Å². The Bertz CT molecular complexity index is 1180. The molecule has 1 saturated heterocycles. The van der Waals surface area contributed by atoms with Crippen LogP contribution in [0.15, 0.2) is 41.1 Å². The average molecular weight is 408 g/mol. The summed E-state index contributed by atoms with van der Waals surface area (Å²) in [4.78, 5) is 18.3. The number of nitrogens with zero attached hydrogens (tertiary/aromatic N) is 5. The number of benzene rings is 1. The molecule has 0 atom stereocenters. The van der Waals surface area contributed by atoms with Crippen molar-refractivity contribution in [3.8, 4) is 0 Å². The molecular formula is C22H22ClN5O. The highest BCUT2D eigenvalue weighted by Gasteiger charge is 2.23. The molecule has 3 aromatic heterocycles. The van der Waals surface area contributed by atoms with Crippen molar-refractivity contribution in [3.63, 3.8) is 0 Å². The zero-order valence-electron chi connectivity index (χ0n) is 16.5. The Morgan fingerprint density at radius 3 is 2.55 bits per heavy atom. The molecule has 0 bridgehead atoms. The van der Waals surface area contributed by atoms with Gasteiger partial charge in [0.2, 0.25) is 5.71 Å². The Hall–Kier alpha value is -2.70. The van der Waals surface area contributed by atoms with Crippen LogP contribution in [0, 0.1) is 13.8 Å². The molecule has 1 aromatic carbocycles. The first-order chi connectivity index (χ1) is 14.1. The number of aromatic nitrogens is 3. The summed E-state index contributed by atoms with van der Waals surface area (Å²) in [7, 11) is 0. The van der Waals surface area contributed by atoms with E-state index in [1.807, 2.05) is 19.1 Å². The zero-order valence-corrected chi connectivity index (χ0v) is 17.3. The molecular weight excluding hydrogens is 386 g/mol. The van der Waals surface area contributed by atoms with Gasteiger partial charge in [0.05, 0.1) is 5.39 Å². The van der Waals surface area contributed by atoms with Gasteiger partial charge in [-0.2, -0.15) is 0 Å². The van der Waals surface area contributed by atoms with Gasteiger partial charge >= 0.3 is 0 Å². The fourth-order valence-electron chi connectivity index (χ4n) is 4.09. The van der Waals surface area contributed by atoms with Crippen molar-refractivity contribution in [2.24, 2.45) is 0 Å². The minimum Gasteiger partial charge on any atom is -0.432 e. The Balaban J connectivity index is 1.39. The number of aryl methyl sites for hydroxylation is 2. The molecule has 0 spiro atoms. The van der Waals surface area contributed by atoms with Crippen LogP contribution in [0.4, 0.5) is 5.82 Å². The molecule has 0 unspecified atom stereocenters. The molecule has 0 aliphatic carbocycles. The first-order valence-corrected chi connectivity index (χ1v) is 10.2. The lowest BCUT2D eigenvalue weighted by Gasteiger charge is -2.35. The first-order valence-electron chi connectivity index (χ1n) is 9.82. The second kappa shape index (κ2) is 7.28. The van der Waals surface area contributed by atoms with Crippen LogP contribution in [0.2, 0.25) is 5.02 Å². The summed E-state index contributed by atoms with van der Waals surface area (Å²) in [6.07, 6.45) is 1.63. The van der Waals surface area contributed by atoms with E-state index in [0.29, 0.717) is 5.71 Å². The van der Waals surface area contributed by atoms with Crippen molar-refractivity contribution >= 4 is 39.6 Å². The van der Waals surface area contributed by atoms with Gasteiger partial charge in [0.25, 0.3) is 0 Å². The van der Waals surface area contributed by atoms with Crippen molar-refractivity contribution in [2.75, 3.05) is 31.1 Å². The van der Waals surface area contributed by atoms with Gasteiger partial charge in [-0.05, 0) is 43.2 Å². The monoisotopic (exact) mass is 407 g/mol. The van der Waals surface area contributed by atoms with Crippen LogP contribution in [-0.4, -0.2) is 46.0 Å². The third kappa shape index (κ3) is 3.43. The number of pyridine rings is 1. The van der Waals surface area contributed by atoms with E-state index in [1.165, 1.54) is 5.56 Å². The molecule has 148 valence electrons. The molecule has 6 nitrogen and oxygen atoms in total. The topological polar surface area (TPSA) is 58.3 Å². The molecule has 0 amide bonds. The predicted octanol–water partition coefficient (Wildman–Crippen LogP) is 4.36. The average Bonchev–Trinajstić information content (AvgIpc) is 3.09. The van der Waals surface area contributed by atoms with Gasteiger partial charge in [0.15, 0.2) is 11.4 Å². The molecule has 4 heterocycles. The highest BCUT2D eigenvalue weighted by molar-refractivity contribution is 6.30. The number of hydrogen-bond donors (Lipinski definition) is 0. The van der Waals surface area contributed by atoms with Crippen LogP contribution < -0.4 is 4.90 Å². The van der Waals surface area contributed by atoms with Crippen LogP contribution in [0.3, 0.4) is 0 Å². The molecule has 0 saturated carbocycles. The number of halogens is 1. The third-order valence-electron chi connectivity index (χ3n) is 5.52. The van der Waals surface area contributed by atoms with Crippen molar-refractivity contribution in [1.82, 2.24) is 19.9 Å². The van der Waals surface area contributed by atoms with Gasteiger partial charge < -0.3 is 9.32 Å². The lowest BCUT2D eigenvalue weighted by Crippen LogP contribution is -2.46. The van der Waals surface area contributed by atoms with Gasteiger partial charge in [0, 0.05) is 43.4 Å². The summed E-state index contributed by atoms with van der Waals surface area (Å²) in [5.41, 5.74) is 5.57. The third-order valence-corrected chi connectivity index (χ3v) is 5.78. The summed E-state index contributed by atoms with van der Waals surface area (Å²) in [5.74, 6) is 0.858. The fraction of sp³-hybridized carbons (Fsp3) is 0.318. The molecule has 7 heteroatoms. The normalized spacial score (nSPS) is 15.5. The number of hydrogen-bond acceptors (Lipinski definition) is 6. The van der Waals surface area contributed by atoms with Crippen LogP contribution >= 0.6 is 11.6 Å². The second-order valence-electron chi connectivity index (χ2n) is 7.63. The Morgan fingerprint density at radius 1 is 1.03 bits per heavy atom. The van der Waals surface area contributed by atoms with Crippen LogP contribution in [0.1, 0.15) is 16.8 Å². The summed E-state index contributed by atoms with van der Waals surface area (Å²) in [5, 5.41) is 1.76. The van der Waals surface area contributed by atoms with Gasteiger partial charge in [0.1, 0.15) is 11.8 Å². The molecule has 1 aliphatic heterocycles. The zero-order chi connectivity index (χ0) is 20.0. The van der Waals surface area contributed by atoms with E-state index in [4.69, 9.17) is 16.0 Å².